The molecule has 1 aromatic carbocycles. The number of hydrogen-bond acceptors (Lipinski definition) is 3. The highest BCUT2D eigenvalue weighted by Gasteiger charge is 2.35. The molecule has 7 heteroatoms. The van der Waals surface area contributed by atoms with Gasteiger partial charge in [-0.3, -0.25) is 9.79 Å². The molecule has 2 heterocycles. The van der Waals surface area contributed by atoms with Crippen molar-refractivity contribution in [2.75, 3.05) is 44.7 Å². The molecule has 0 bridgehead atoms. The van der Waals surface area contributed by atoms with Crippen molar-refractivity contribution in [1.29, 1.82) is 0 Å². The molecule has 2 aliphatic heterocycles. The number of halogens is 1. The lowest BCUT2D eigenvalue weighted by molar-refractivity contribution is -0.120. The predicted octanol–water partition coefficient (Wildman–Crippen LogP) is 2.44. The summed E-state index contributed by atoms with van der Waals surface area (Å²) in [7, 11) is 1.88. The average Bonchev–Trinajstić information content (AvgIpc) is 3.13. The molecule has 154 valence electrons. The average molecular weight is 497 g/mol. The number of fused-ring (bicyclic) bond motifs is 1. The molecule has 3 fully saturated rings. The van der Waals surface area contributed by atoms with Crippen LogP contribution in [-0.2, 0) is 11.3 Å². The minimum Gasteiger partial charge on any atom is -0.360 e. The summed E-state index contributed by atoms with van der Waals surface area (Å²) in [5.74, 6) is 2.85. The fraction of sp³-hybridized carbons (Fsp3) is 0.619. The topological polar surface area (TPSA) is 60.0 Å². The Morgan fingerprint density at radius 1 is 1.18 bits per heavy atom. The number of likely N-dealkylation sites (tertiary alicyclic amines) is 1. The molecular formula is C21H32IN5O. The van der Waals surface area contributed by atoms with Gasteiger partial charge < -0.3 is 20.4 Å². The molecule has 3 aliphatic rings. The lowest BCUT2D eigenvalue weighted by atomic mass is 9.82. The largest absolute Gasteiger partial charge is 0.360 e. The summed E-state index contributed by atoms with van der Waals surface area (Å²) in [4.78, 5) is 20.7. The van der Waals surface area contributed by atoms with Crippen LogP contribution in [0.1, 0.15) is 31.2 Å². The number of carbonyl (C=O) groups is 1. The van der Waals surface area contributed by atoms with E-state index in [0.717, 1.165) is 56.2 Å². The van der Waals surface area contributed by atoms with E-state index in [1.54, 1.807) is 0 Å². The summed E-state index contributed by atoms with van der Waals surface area (Å²) >= 11 is 0. The quantitative estimate of drug-likeness (QED) is 0.383. The van der Waals surface area contributed by atoms with Gasteiger partial charge in [0, 0.05) is 45.5 Å². The first-order chi connectivity index (χ1) is 13.2. The lowest BCUT2D eigenvalue weighted by Crippen LogP contribution is -2.47. The fourth-order valence-corrected chi connectivity index (χ4v) is 4.78. The number of nitrogens with one attached hydrogen (secondary N) is 2. The Balaban J connectivity index is 0.00000225. The molecule has 1 saturated carbocycles. The SMILES string of the molecule is CN=C(NCc1ccc(N2CCNC(=O)C2)cc1)N1CC2CCCCC2C1.I. The molecule has 1 aromatic rings. The molecule has 2 saturated heterocycles. The minimum atomic E-state index is 0. The van der Waals surface area contributed by atoms with Gasteiger partial charge in [-0.15, -0.1) is 24.0 Å². The first kappa shape index (κ1) is 21.2. The third-order valence-corrected chi connectivity index (χ3v) is 6.28. The first-order valence-corrected chi connectivity index (χ1v) is 10.3. The highest BCUT2D eigenvalue weighted by atomic mass is 127. The van der Waals surface area contributed by atoms with E-state index in [4.69, 9.17) is 0 Å². The maximum absolute atomic E-state index is 11.6. The van der Waals surface area contributed by atoms with Gasteiger partial charge in [0.2, 0.25) is 5.91 Å². The monoisotopic (exact) mass is 497 g/mol. The highest BCUT2D eigenvalue weighted by Crippen LogP contribution is 2.35. The van der Waals surface area contributed by atoms with Crippen LogP contribution >= 0.6 is 24.0 Å². The van der Waals surface area contributed by atoms with Gasteiger partial charge in [0.25, 0.3) is 0 Å². The van der Waals surface area contributed by atoms with E-state index in [2.05, 4.69) is 49.7 Å². The number of anilines is 1. The van der Waals surface area contributed by atoms with Crippen molar-refractivity contribution in [2.45, 2.75) is 32.2 Å². The third-order valence-electron chi connectivity index (χ3n) is 6.28. The molecule has 6 nitrogen and oxygen atoms in total. The highest BCUT2D eigenvalue weighted by molar-refractivity contribution is 14.0. The number of nitrogens with zero attached hydrogens (tertiary/aromatic N) is 3. The predicted molar refractivity (Wildman–Crippen MR) is 124 cm³/mol. The van der Waals surface area contributed by atoms with Gasteiger partial charge in [-0.1, -0.05) is 25.0 Å². The molecule has 0 spiro atoms. The second-order valence-corrected chi connectivity index (χ2v) is 8.05. The molecule has 0 radical (unpaired) electrons. The van der Waals surface area contributed by atoms with Crippen LogP contribution in [0.15, 0.2) is 29.3 Å². The maximum Gasteiger partial charge on any atom is 0.239 e. The first-order valence-electron chi connectivity index (χ1n) is 10.3. The van der Waals surface area contributed by atoms with E-state index in [9.17, 15) is 4.79 Å². The molecule has 2 unspecified atom stereocenters. The Hall–Kier alpha value is -1.51. The smallest absolute Gasteiger partial charge is 0.239 e. The van der Waals surface area contributed by atoms with Gasteiger partial charge in [-0.05, 0) is 42.4 Å². The van der Waals surface area contributed by atoms with Crippen molar-refractivity contribution < 1.29 is 4.79 Å². The number of rotatable bonds is 3. The number of piperazine rings is 1. The van der Waals surface area contributed by atoms with Gasteiger partial charge >= 0.3 is 0 Å². The fourth-order valence-electron chi connectivity index (χ4n) is 4.78. The zero-order valence-electron chi connectivity index (χ0n) is 16.7. The zero-order chi connectivity index (χ0) is 18.6. The Morgan fingerprint density at radius 2 is 1.86 bits per heavy atom. The number of guanidine groups is 1. The molecule has 4 rings (SSSR count). The van der Waals surface area contributed by atoms with E-state index in [1.807, 2.05) is 7.05 Å². The summed E-state index contributed by atoms with van der Waals surface area (Å²) in [6, 6.07) is 8.52. The van der Waals surface area contributed by atoms with Crippen LogP contribution in [0, 0.1) is 11.8 Å². The number of hydrogen-bond donors (Lipinski definition) is 2. The van der Waals surface area contributed by atoms with E-state index >= 15 is 0 Å². The number of amides is 1. The van der Waals surface area contributed by atoms with Crippen LogP contribution in [-0.4, -0.2) is 56.5 Å². The minimum absolute atomic E-state index is 0. The molecule has 28 heavy (non-hydrogen) atoms. The Labute approximate surface area is 185 Å². The van der Waals surface area contributed by atoms with Gasteiger partial charge in [0.1, 0.15) is 0 Å². The van der Waals surface area contributed by atoms with Gasteiger partial charge in [0.15, 0.2) is 5.96 Å². The van der Waals surface area contributed by atoms with E-state index in [0.29, 0.717) is 6.54 Å². The summed E-state index contributed by atoms with van der Waals surface area (Å²) in [6.07, 6.45) is 5.56. The van der Waals surface area contributed by atoms with E-state index in [1.165, 1.54) is 31.2 Å². The van der Waals surface area contributed by atoms with E-state index in [-0.39, 0.29) is 29.9 Å². The van der Waals surface area contributed by atoms with Crippen LogP contribution in [0.2, 0.25) is 0 Å². The van der Waals surface area contributed by atoms with Gasteiger partial charge in [0.05, 0.1) is 6.54 Å². The zero-order valence-corrected chi connectivity index (χ0v) is 19.0. The Morgan fingerprint density at radius 3 is 2.46 bits per heavy atom. The Bertz CT molecular complexity index is 679. The Kier molecular flexibility index (Phi) is 7.42. The second-order valence-electron chi connectivity index (χ2n) is 8.05. The van der Waals surface area contributed by atoms with Crippen LogP contribution in [0.5, 0.6) is 0 Å². The van der Waals surface area contributed by atoms with Crippen LogP contribution in [0.3, 0.4) is 0 Å². The van der Waals surface area contributed by atoms with Crippen molar-refractivity contribution in [3.05, 3.63) is 29.8 Å². The summed E-state index contributed by atoms with van der Waals surface area (Å²) < 4.78 is 0. The van der Waals surface area contributed by atoms with Gasteiger partial charge in [-0.25, -0.2) is 0 Å². The van der Waals surface area contributed by atoms with E-state index < -0.39 is 0 Å². The molecule has 1 amide bonds. The van der Waals surface area contributed by atoms with Crippen LogP contribution < -0.4 is 15.5 Å². The standard InChI is InChI=1S/C21H31N5O.HI/c1-22-21(26-13-17-4-2-3-5-18(17)14-26)24-12-16-6-8-19(9-7-16)25-11-10-23-20(27)15-25;/h6-9,17-18H,2-5,10-15H2,1H3,(H,22,24)(H,23,27);1H. The maximum atomic E-state index is 11.6. The third kappa shape index (κ3) is 4.90. The van der Waals surface area contributed by atoms with Gasteiger partial charge in [-0.2, -0.15) is 0 Å². The summed E-state index contributed by atoms with van der Waals surface area (Å²) in [5.41, 5.74) is 2.35. The molecule has 1 aliphatic carbocycles. The summed E-state index contributed by atoms with van der Waals surface area (Å²) in [5, 5.41) is 6.41. The number of benzene rings is 1. The lowest BCUT2D eigenvalue weighted by Gasteiger charge is -2.28. The number of carbonyl (C=O) groups excluding carboxylic acids is 1. The van der Waals surface area contributed by atoms with Crippen molar-refractivity contribution in [3.63, 3.8) is 0 Å². The van der Waals surface area contributed by atoms with Crippen molar-refractivity contribution in [1.82, 2.24) is 15.5 Å². The molecule has 2 N–H and O–H groups in total. The second kappa shape index (κ2) is 9.80. The van der Waals surface area contributed by atoms with Crippen LogP contribution in [0.25, 0.3) is 0 Å². The molecule has 0 aromatic heterocycles. The molecular weight excluding hydrogens is 465 g/mol. The van der Waals surface area contributed by atoms with Crippen molar-refractivity contribution in [2.24, 2.45) is 16.8 Å². The number of aliphatic imine (C=N–C) groups is 1. The summed E-state index contributed by atoms with van der Waals surface area (Å²) in [6.45, 7) is 5.12. The van der Waals surface area contributed by atoms with Crippen molar-refractivity contribution in [3.8, 4) is 0 Å². The normalized spacial score (nSPS) is 25.0. The van der Waals surface area contributed by atoms with Crippen molar-refractivity contribution >= 4 is 41.5 Å². The molecule has 2 atom stereocenters. The van der Waals surface area contributed by atoms with Crippen LogP contribution in [0.4, 0.5) is 5.69 Å².